The summed E-state index contributed by atoms with van der Waals surface area (Å²) in [6.07, 6.45) is 1.44. The molecule has 4 nitrogen and oxygen atoms in total. The molecule has 0 aliphatic rings. The van der Waals surface area contributed by atoms with Gasteiger partial charge >= 0.3 is 5.97 Å². The van der Waals surface area contributed by atoms with Crippen LogP contribution in [0.1, 0.15) is 0 Å². The van der Waals surface area contributed by atoms with E-state index < -0.39 is 5.97 Å². The van der Waals surface area contributed by atoms with Gasteiger partial charge < -0.3 is 4.74 Å². The fourth-order valence-corrected chi connectivity index (χ4v) is 1.10. The zero-order valence-electron chi connectivity index (χ0n) is 8.82. The normalized spacial score (nSPS) is 10.8. The van der Waals surface area contributed by atoms with Crippen molar-refractivity contribution in [3.63, 3.8) is 0 Å². The van der Waals surface area contributed by atoms with Crippen molar-refractivity contribution in [1.82, 2.24) is 0 Å². The van der Waals surface area contributed by atoms with Crippen molar-refractivity contribution < 1.29 is 9.53 Å². The van der Waals surface area contributed by atoms with E-state index in [1.165, 1.54) is 6.08 Å². The van der Waals surface area contributed by atoms with Crippen LogP contribution in [-0.4, -0.2) is 17.7 Å². The molecular weight excluding hydrogens is 263 g/mol. The Morgan fingerprint density at radius 2 is 2.12 bits per heavy atom. The summed E-state index contributed by atoms with van der Waals surface area (Å²) >= 11 is 11.3. The average Bonchev–Trinajstić information content (AvgIpc) is 2.34. The van der Waals surface area contributed by atoms with Crippen LogP contribution in [0.2, 0.25) is 5.02 Å². The van der Waals surface area contributed by atoms with E-state index in [1.807, 2.05) is 0 Å². The van der Waals surface area contributed by atoms with Crippen LogP contribution < -0.4 is 5.43 Å². The highest BCUT2D eigenvalue weighted by atomic mass is 35.5. The number of nitrogens with one attached hydrogen (secondary N) is 1. The second kappa shape index (κ2) is 6.93. The number of hydrogen-bond donors (Lipinski definition) is 1. The van der Waals surface area contributed by atoms with Gasteiger partial charge in [0.25, 0.3) is 0 Å². The van der Waals surface area contributed by atoms with Crippen molar-refractivity contribution in [2.75, 3.05) is 12.0 Å². The summed E-state index contributed by atoms with van der Waals surface area (Å²) in [6.45, 7) is 3.49. The van der Waals surface area contributed by atoms with E-state index in [0.29, 0.717) is 10.7 Å². The largest absolute Gasteiger partial charge is 0.456 e. The lowest BCUT2D eigenvalue weighted by molar-refractivity contribution is -0.134. The molecule has 0 aliphatic carbocycles. The van der Waals surface area contributed by atoms with E-state index in [1.54, 1.807) is 24.3 Å². The summed E-state index contributed by atoms with van der Waals surface area (Å²) in [4.78, 5) is 11.2. The Kier molecular flexibility index (Phi) is 5.52. The molecule has 1 rings (SSSR count). The Hall–Kier alpha value is -1.52. The third-order valence-corrected chi connectivity index (χ3v) is 2.12. The summed E-state index contributed by atoms with van der Waals surface area (Å²) in [5.41, 5.74) is 3.26. The van der Waals surface area contributed by atoms with Gasteiger partial charge in [0, 0.05) is 5.02 Å². The lowest BCUT2D eigenvalue weighted by atomic mass is 10.3. The molecule has 0 radical (unpaired) electrons. The smallest absolute Gasteiger partial charge is 0.371 e. The molecule has 1 aromatic carbocycles. The second-order valence-electron chi connectivity index (χ2n) is 2.91. The third-order valence-electron chi connectivity index (χ3n) is 1.63. The molecule has 0 aliphatic heterocycles. The van der Waals surface area contributed by atoms with Gasteiger partial charge in [-0.05, 0) is 24.3 Å². The van der Waals surface area contributed by atoms with Crippen LogP contribution in [0.3, 0.4) is 0 Å². The van der Waals surface area contributed by atoms with Crippen molar-refractivity contribution in [2.45, 2.75) is 0 Å². The molecule has 0 spiro atoms. The van der Waals surface area contributed by atoms with Gasteiger partial charge in [-0.1, -0.05) is 35.9 Å². The van der Waals surface area contributed by atoms with Crippen molar-refractivity contribution in [1.29, 1.82) is 0 Å². The van der Waals surface area contributed by atoms with E-state index in [9.17, 15) is 4.79 Å². The molecule has 0 atom stereocenters. The highest BCUT2D eigenvalue weighted by Gasteiger charge is 2.08. The van der Waals surface area contributed by atoms with Crippen molar-refractivity contribution in [3.05, 3.63) is 41.9 Å². The van der Waals surface area contributed by atoms with Crippen LogP contribution in [0, 0.1) is 0 Å². The van der Waals surface area contributed by atoms with Crippen LogP contribution >= 0.6 is 23.2 Å². The van der Waals surface area contributed by atoms with E-state index >= 15 is 0 Å². The quantitative estimate of drug-likeness (QED) is 0.388. The van der Waals surface area contributed by atoms with E-state index in [2.05, 4.69) is 21.8 Å². The Labute approximate surface area is 109 Å². The third kappa shape index (κ3) is 4.89. The van der Waals surface area contributed by atoms with Crippen molar-refractivity contribution >= 4 is 40.0 Å². The van der Waals surface area contributed by atoms with Gasteiger partial charge in [0.2, 0.25) is 5.17 Å². The monoisotopic (exact) mass is 272 g/mol. The minimum absolute atomic E-state index is 0.0888. The van der Waals surface area contributed by atoms with Gasteiger partial charge in [0.05, 0.1) is 5.69 Å². The van der Waals surface area contributed by atoms with Gasteiger partial charge in [-0.3, -0.25) is 5.43 Å². The van der Waals surface area contributed by atoms with E-state index in [0.717, 1.165) is 0 Å². The molecule has 0 amide bonds. The Balaban J connectivity index is 2.55. The van der Waals surface area contributed by atoms with Crippen molar-refractivity contribution in [3.8, 4) is 0 Å². The molecule has 0 saturated heterocycles. The molecule has 6 heteroatoms. The fraction of sp³-hybridized carbons (Fsp3) is 0.0909. The number of carbonyl (C=O) groups excluding carboxylic acids is 1. The molecule has 0 saturated carbocycles. The predicted molar refractivity (Wildman–Crippen MR) is 69.5 cm³/mol. The number of benzene rings is 1. The number of ether oxygens (including phenoxy) is 1. The molecule has 1 aromatic rings. The number of rotatable bonds is 5. The van der Waals surface area contributed by atoms with Gasteiger partial charge in [-0.15, -0.1) is 0 Å². The van der Waals surface area contributed by atoms with E-state index in [-0.39, 0.29) is 11.8 Å². The molecule has 0 fully saturated rings. The maximum absolute atomic E-state index is 11.2. The van der Waals surface area contributed by atoms with Gasteiger partial charge in [0.15, 0.2) is 0 Å². The van der Waals surface area contributed by atoms with Crippen LogP contribution in [0.25, 0.3) is 0 Å². The number of hydrogen-bond acceptors (Lipinski definition) is 4. The molecule has 1 N–H and O–H groups in total. The molecule has 90 valence electrons. The average molecular weight is 273 g/mol. The Bertz CT molecular complexity index is 430. The van der Waals surface area contributed by atoms with Crippen LogP contribution in [0.4, 0.5) is 5.69 Å². The summed E-state index contributed by atoms with van der Waals surface area (Å²) in [7, 11) is 0. The standard InChI is InChI=1S/C11H10Cl2N2O2/c1-2-7-17-11(16)10(13)15-14-9-5-3-8(12)4-6-9/h2-6,14H,1,7H2/b15-10-. The molecular formula is C11H10Cl2N2O2. The first-order valence-electron chi connectivity index (χ1n) is 4.66. The second-order valence-corrected chi connectivity index (χ2v) is 3.70. The maximum atomic E-state index is 11.2. The molecule has 0 unspecified atom stereocenters. The molecule has 17 heavy (non-hydrogen) atoms. The zero-order chi connectivity index (χ0) is 12.7. The SMILES string of the molecule is C=CCOC(=O)/C(Cl)=N/Nc1ccc(Cl)cc1. The van der Waals surface area contributed by atoms with E-state index in [4.69, 9.17) is 23.2 Å². The maximum Gasteiger partial charge on any atom is 0.371 e. The number of hydrazone groups is 1. The zero-order valence-corrected chi connectivity index (χ0v) is 10.3. The van der Waals surface area contributed by atoms with Crippen LogP contribution in [0.5, 0.6) is 0 Å². The topological polar surface area (TPSA) is 50.7 Å². The summed E-state index contributed by atoms with van der Waals surface area (Å²) in [6, 6.07) is 6.77. The molecule has 0 heterocycles. The van der Waals surface area contributed by atoms with Gasteiger partial charge in [0.1, 0.15) is 6.61 Å². The minimum atomic E-state index is -0.715. The number of nitrogens with zero attached hydrogens (tertiary/aromatic N) is 1. The number of anilines is 1. The Morgan fingerprint density at radius 3 is 2.71 bits per heavy atom. The highest BCUT2D eigenvalue weighted by molar-refractivity contribution is 6.82. The summed E-state index contributed by atoms with van der Waals surface area (Å²) in [5.74, 6) is -0.715. The Morgan fingerprint density at radius 1 is 1.47 bits per heavy atom. The minimum Gasteiger partial charge on any atom is -0.456 e. The number of esters is 1. The van der Waals surface area contributed by atoms with Gasteiger partial charge in [-0.2, -0.15) is 5.10 Å². The molecule has 0 aromatic heterocycles. The first-order chi connectivity index (χ1) is 8.13. The lowest BCUT2D eigenvalue weighted by Crippen LogP contribution is -2.13. The fourth-order valence-electron chi connectivity index (χ4n) is 0.878. The first kappa shape index (κ1) is 13.5. The van der Waals surface area contributed by atoms with Gasteiger partial charge in [-0.25, -0.2) is 4.79 Å². The number of carbonyl (C=O) groups is 1. The summed E-state index contributed by atoms with van der Waals surface area (Å²) < 4.78 is 4.68. The van der Waals surface area contributed by atoms with Crippen molar-refractivity contribution in [2.24, 2.45) is 5.10 Å². The lowest BCUT2D eigenvalue weighted by Gasteiger charge is -2.02. The van der Waals surface area contributed by atoms with Crippen LogP contribution in [-0.2, 0) is 9.53 Å². The number of halogens is 2. The van der Waals surface area contributed by atoms with Crippen LogP contribution in [0.15, 0.2) is 42.0 Å². The highest BCUT2D eigenvalue weighted by Crippen LogP contribution is 2.13. The predicted octanol–water partition coefficient (Wildman–Crippen LogP) is 3.03. The first-order valence-corrected chi connectivity index (χ1v) is 5.42. The molecule has 0 bridgehead atoms. The summed E-state index contributed by atoms with van der Waals surface area (Å²) in [5, 5.41) is 3.97.